The van der Waals surface area contributed by atoms with Crippen LogP contribution in [0, 0.1) is 11.8 Å². The van der Waals surface area contributed by atoms with Gasteiger partial charge < -0.3 is 33.8 Å². The quantitative estimate of drug-likeness (QED) is 0.0222. The first-order chi connectivity index (χ1) is 48.4. The molecule has 0 radical (unpaired) electrons. The molecule has 0 aromatic heterocycles. The third-order valence-corrected chi connectivity index (χ3v) is 21.2. The van der Waals surface area contributed by atoms with Crippen molar-refractivity contribution in [1.82, 2.24) is 0 Å². The number of hydrogen-bond donors (Lipinski definition) is 3. The molecule has 6 atom stereocenters. The van der Waals surface area contributed by atoms with E-state index in [1.54, 1.807) is 0 Å². The number of aliphatic hydroxyl groups is 1. The maximum absolute atomic E-state index is 13.1. The van der Waals surface area contributed by atoms with Crippen LogP contribution < -0.4 is 0 Å². The third-order valence-electron chi connectivity index (χ3n) is 19.3. The van der Waals surface area contributed by atoms with Gasteiger partial charge in [-0.3, -0.25) is 37.3 Å². The maximum atomic E-state index is 13.1. The molecule has 0 aliphatic carbocycles. The second-order valence-corrected chi connectivity index (χ2v) is 32.8. The van der Waals surface area contributed by atoms with E-state index in [1.807, 2.05) is 0 Å². The van der Waals surface area contributed by atoms with Crippen LogP contribution in [0.4, 0.5) is 0 Å². The van der Waals surface area contributed by atoms with Gasteiger partial charge in [-0.15, -0.1) is 0 Å². The monoisotopic (exact) mass is 1470 g/mol. The number of carbonyl (C=O) groups excluding carboxylic acids is 4. The number of phosphoric acid groups is 2. The van der Waals surface area contributed by atoms with Crippen molar-refractivity contribution in [1.29, 1.82) is 0 Å². The molecular weight excluding hydrogens is 1310 g/mol. The van der Waals surface area contributed by atoms with Gasteiger partial charge in [-0.05, 0) is 37.5 Å². The van der Waals surface area contributed by atoms with E-state index in [0.717, 1.165) is 102 Å². The molecule has 594 valence electrons. The molecule has 17 nitrogen and oxygen atoms in total. The Hall–Kier alpha value is -1.94. The molecule has 0 aliphatic rings. The Morgan fingerprint density at radius 2 is 0.510 bits per heavy atom. The van der Waals surface area contributed by atoms with Crippen molar-refractivity contribution >= 4 is 39.5 Å². The SMILES string of the molecule is CCCCCCCCCCCCCCCCCCCCCCC(=O)O[C@H](COC(=O)CCCCCCCCCCCCCCCCCCC(C)C)COP(=O)(O)OC[C@@H](O)COP(=O)(O)OC[C@@H](COC(=O)CCCCCCCCCCC)OC(=O)CCCCCCCCCCC(C)CC. The van der Waals surface area contributed by atoms with Crippen molar-refractivity contribution in [3.8, 4) is 0 Å². The van der Waals surface area contributed by atoms with Crippen LogP contribution in [0.3, 0.4) is 0 Å². The largest absolute Gasteiger partial charge is 0.472 e. The van der Waals surface area contributed by atoms with E-state index < -0.39 is 97.5 Å². The van der Waals surface area contributed by atoms with Gasteiger partial charge in [0.25, 0.3) is 0 Å². The van der Waals surface area contributed by atoms with E-state index in [-0.39, 0.29) is 25.7 Å². The average molecular weight is 1470 g/mol. The molecule has 0 aromatic rings. The summed E-state index contributed by atoms with van der Waals surface area (Å²) in [6, 6.07) is 0. The zero-order valence-electron chi connectivity index (χ0n) is 65.5. The van der Waals surface area contributed by atoms with E-state index in [0.29, 0.717) is 25.7 Å². The fourth-order valence-corrected chi connectivity index (χ4v) is 14.1. The van der Waals surface area contributed by atoms with E-state index in [9.17, 15) is 43.2 Å². The van der Waals surface area contributed by atoms with Crippen LogP contribution in [0.5, 0.6) is 0 Å². The van der Waals surface area contributed by atoms with Crippen molar-refractivity contribution in [3.05, 3.63) is 0 Å². The molecule has 100 heavy (non-hydrogen) atoms. The van der Waals surface area contributed by atoms with Crippen LogP contribution in [0.25, 0.3) is 0 Å². The highest BCUT2D eigenvalue weighted by molar-refractivity contribution is 7.47. The summed E-state index contributed by atoms with van der Waals surface area (Å²) in [7, 11) is -9.92. The highest BCUT2D eigenvalue weighted by Crippen LogP contribution is 2.45. The van der Waals surface area contributed by atoms with E-state index in [2.05, 4.69) is 41.5 Å². The van der Waals surface area contributed by atoms with Gasteiger partial charge in [0.1, 0.15) is 19.3 Å². The van der Waals surface area contributed by atoms with E-state index in [4.69, 9.17) is 37.0 Å². The number of hydrogen-bond acceptors (Lipinski definition) is 15. The Morgan fingerprint density at radius 3 is 0.760 bits per heavy atom. The Morgan fingerprint density at radius 1 is 0.290 bits per heavy atom. The van der Waals surface area contributed by atoms with E-state index in [1.165, 1.54) is 244 Å². The topological polar surface area (TPSA) is 237 Å². The van der Waals surface area contributed by atoms with Crippen molar-refractivity contribution in [2.24, 2.45) is 11.8 Å². The molecule has 19 heteroatoms. The summed E-state index contributed by atoms with van der Waals surface area (Å²) in [6.07, 6.45) is 62.5. The van der Waals surface area contributed by atoms with Gasteiger partial charge in [0.05, 0.1) is 26.4 Å². The van der Waals surface area contributed by atoms with Crippen molar-refractivity contribution in [2.75, 3.05) is 39.6 Å². The summed E-state index contributed by atoms with van der Waals surface area (Å²) in [5, 5.41) is 10.6. The molecule has 3 unspecified atom stereocenters. The summed E-state index contributed by atoms with van der Waals surface area (Å²) in [5.74, 6) is -0.530. The molecule has 0 rings (SSSR count). The fraction of sp³-hybridized carbons (Fsp3) is 0.951. The van der Waals surface area contributed by atoms with Gasteiger partial charge in [-0.2, -0.15) is 0 Å². The summed E-state index contributed by atoms with van der Waals surface area (Å²) >= 11 is 0. The lowest BCUT2D eigenvalue weighted by Crippen LogP contribution is -2.30. The number of carbonyl (C=O) groups is 4. The minimum Gasteiger partial charge on any atom is -0.462 e. The minimum absolute atomic E-state index is 0.105. The Kier molecular flexibility index (Phi) is 71.2. The lowest BCUT2D eigenvalue weighted by atomic mass is 9.99. The summed E-state index contributed by atoms with van der Waals surface area (Å²) in [5.41, 5.74) is 0. The second kappa shape index (κ2) is 72.6. The van der Waals surface area contributed by atoms with Gasteiger partial charge in [-0.25, -0.2) is 9.13 Å². The average Bonchev–Trinajstić information content (AvgIpc) is 0.984. The lowest BCUT2D eigenvalue weighted by Gasteiger charge is -2.21. The number of rotatable bonds is 80. The van der Waals surface area contributed by atoms with Gasteiger partial charge >= 0.3 is 39.5 Å². The molecular formula is C81H158O17P2. The summed E-state index contributed by atoms with van der Waals surface area (Å²) < 4.78 is 68.6. The smallest absolute Gasteiger partial charge is 0.462 e. The van der Waals surface area contributed by atoms with Gasteiger partial charge in [0.15, 0.2) is 12.2 Å². The molecule has 0 fully saturated rings. The number of phosphoric ester groups is 2. The number of ether oxygens (including phenoxy) is 4. The Labute approximate surface area is 613 Å². The van der Waals surface area contributed by atoms with Crippen LogP contribution in [-0.2, 0) is 65.4 Å². The Bertz CT molecular complexity index is 1930. The lowest BCUT2D eigenvalue weighted by molar-refractivity contribution is -0.161. The molecule has 0 aliphatic heterocycles. The summed E-state index contributed by atoms with van der Waals surface area (Å²) in [4.78, 5) is 72.9. The molecule has 0 spiro atoms. The highest BCUT2D eigenvalue weighted by atomic mass is 31.2. The van der Waals surface area contributed by atoms with Crippen LogP contribution in [0.2, 0.25) is 0 Å². The second-order valence-electron chi connectivity index (χ2n) is 29.9. The third kappa shape index (κ3) is 73.0. The van der Waals surface area contributed by atoms with Gasteiger partial charge in [0.2, 0.25) is 0 Å². The molecule has 0 saturated carbocycles. The zero-order valence-corrected chi connectivity index (χ0v) is 67.3. The first kappa shape index (κ1) is 98.1. The number of esters is 4. The van der Waals surface area contributed by atoms with Crippen LogP contribution in [-0.4, -0.2) is 96.7 Å². The predicted molar refractivity (Wildman–Crippen MR) is 409 cm³/mol. The zero-order chi connectivity index (χ0) is 73.5. The first-order valence-electron chi connectivity index (χ1n) is 42.0. The maximum Gasteiger partial charge on any atom is 0.472 e. The molecule has 0 heterocycles. The van der Waals surface area contributed by atoms with Crippen LogP contribution >= 0.6 is 15.6 Å². The van der Waals surface area contributed by atoms with Crippen molar-refractivity contribution < 1.29 is 80.2 Å². The molecule has 3 N–H and O–H groups in total. The van der Waals surface area contributed by atoms with Gasteiger partial charge in [0, 0.05) is 25.7 Å². The van der Waals surface area contributed by atoms with Gasteiger partial charge in [-0.1, -0.05) is 375 Å². The fourth-order valence-electron chi connectivity index (χ4n) is 12.5. The van der Waals surface area contributed by atoms with E-state index >= 15 is 0 Å². The molecule has 0 amide bonds. The van der Waals surface area contributed by atoms with Crippen molar-refractivity contribution in [2.45, 2.75) is 445 Å². The Balaban J connectivity index is 5.20. The van der Waals surface area contributed by atoms with Crippen LogP contribution in [0.15, 0.2) is 0 Å². The summed E-state index contributed by atoms with van der Waals surface area (Å²) in [6.45, 7) is 9.64. The standard InChI is InChI=1S/C81H158O17P2/c1-7-10-12-14-16-18-19-20-21-22-23-24-25-30-33-36-40-47-53-59-65-80(85)97-76(70-92-79(84)64-58-52-46-39-35-32-29-27-26-28-31-34-38-43-49-55-61-73(4)5)71-95-99(87,88)93-67-75(82)68-94-100(89,90)96-72-77(69-91-78(83)63-57-51-45-37-17-15-13-11-8-2)98-81(86)66-60-54-48-42-41-44-50-56-62-74(6)9-3/h73-77,82H,7-72H2,1-6H3,(H,87,88)(H,89,90)/t74?,75-,76-,77-/m1/s1. The minimum atomic E-state index is -4.96. The van der Waals surface area contributed by atoms with Crippen LogP contribution in [0.1, 0.15) is 427 Å². The molecule has 0 bridgehead atoms. The number of unbranched alkanes of at least 4 members (excludes halogenated alkanes) is 49. The predicted octanol–water partition coefficient (Wildman–Crippen LogP) is 24.3. The molecule has 0 aromatic carbocycles. The normalized spacial score (nSPS) is 14.2. The molecule has 0 saturated heterocycles. The highest BCUT2D eigenvalue weighted by Gasteiger charge is 2.30. The number of aliphatic hydroxyl groups excluding tert-OH is 1. The van der Waals surface area contributed by atoms with Crippen molar-refractivity contribution in [3.63, 3.8) is 0 Å². The first-order valence-corrected chi connectivity index (χ1v) is 45.0.